The van der Waals surface area contributed by atoms with E-state index in [0.717, 1.165) is 72.5 Å². The number of phenolic OH excluding ortho intramolecular Hbond substituents is 1. The van der Waals surface area contributed by atoms with Gasteiger partial charge < -0.3 is 5.11 Å². The summed E-state index contributed by atoms with van der Waals surface area (Å²) in [6.07, 6.45) is 1.80. The summed E-state index contributed by atoms with van der Waals surface area (Å²) < 4.78 is 25.5. The lowest BCUT2D eigenvalue weighted by Crippen LogP contribution is -2.11. The van der Waals surface area contributed by atoms with Crippen LogP contribution in [0.2, 0.25) is 0 Å². The lowest BCUT2D eigenvalue weighted by atomic mass is 9.83. The summed E-state index contributed by atoms with van der Waals surface area (Å²) in [6.45, 7) is 6.60. The molecule has 52 heavy (non-hydrogen) atoms. The molecule has 0 aliphatic rings. The second kappa shape index (κ2) is 13.1. The molecule has 4 heteroatoms. The number of rotatable bonds is 6. The lowest BCUT2D eigenvalue weighted by molar-refractivity contribution is 0.477. The highest BCUT2D eigenvalue weighted by molar-refractivity contribution is 5.97. The van der Waals surface area contributed by atoms with E-state index in [1.165, 1.54) is 0 Å². The van der Waals surface area contributed by atoms with Gasteiger partial charge in [-0.2, -0.15) is 0 Å². The van der Waals surface area contributed by atoms with Crippen molar-refractivity contribution in [3.05, 3.63) is 168 Å². The Balaban J connectivity index is 1.30. The highest BCUT2D eigenvalue weighted by Crippen LogP contribution is 2.40. The second-order valence-corrected chi connectivity index (χ2v) is 14.4. The summed E-state index contributed by atoms with van der Waals surface area (Å²) >= 11 is 0. The van der Waals surface area contributed by atoms with E-state index in [1.807, 2.05) is 42.5 Å². The predicted molar refractivity (Wildman–Crippen MR) is 216 cm³/mol. The molecule has 1 N–H and O–H groups in total. The Morgan fingerprint density at radius 3 is 2.12 bits per heavy atom. The fourth-order valence-corrected chi connectivity index (χ4v) is 6.96. The van der Waals surface area contributed by atoms with Crippen molar-refractivity contribution >= 4 is 11.0 Å². The molecule has 0 radical (unpaired) electrons. The molecular formula is C48H41N3O. The molecule has 0 aliphatic carbocycles. The molecule has 2 aromatic heterocycles. The van der Waals surface area contributed by atoms with Gasteiger partial charge in [0.25, 0.3) is 0 Å². The van der Waals surface area contributed by atoms with Crippen molar-refractivity contribution in [2.75, 3.05) is 0 Å². The van der Waals surface area contributed by atoms with Gasteiger partial charge in [0, 0.05) is 27.1 Å². The minimum absolute atomic E-state index is 0.161. The molecule has 0 saturated heterocycles. The van der Waals surface area contributed by atoms with Crippen LogP contribution in [-0.2, 0) is 5.41 Å². The lowest BCUT2D eigenvalue weighted by Gasteiger charge is -2.22. The zero-order valence-corrected chi connectivity index (χ0v) is 29.7. The molecule has 0 saturated carbocycles. The Bertz CT molecular complexity index is 2690. The van der Waals surface area contributed by atoms with Crippen LogP contribution in [-0.4, -0.2) is 19.6 Å². The standard InChI is InChI=1S/C48H41N3O/c1-31-18-20-33(21-19-31)35-24-25-49-43(30-35)37-27-36(28-38(29-37)48(3,4)5)41-15-11-16-44-46(41)50-47(42-14-9-10-17-45(42)52)51(44)39-22-23-40(32(2)26-39)34-12-7-6-8-13-34/h6-30,52H,1-5H3/i1D3. The third kappa shape index (κ3) is 6.18. The Labute approximate surface area is 310 Å². The first-order valence-electron chi connectivity index (χ1n) is 19.0. The Hall–Kier alpha value is -6.26. The quantitative estimate of drug-likeness (QED) is 0.190. The van der Waals surface area contributed by atoms with E-state index in [4.69, 9.17) is 14.1 Å². The van der Waals surface area contributed by atoms with E-state index < -0.39 is 6.85 Å². The summed E-state index contributed by atoms with van der Waals surface area (Å²) in [5.74, 6) is 0.813. The predicted octanol–water partition coefficient (Wildman–Crippen LogP) is 12.4. The minimum atomic E-state index is -2.15. The normalized spacial score (nSPS) is 12.7. The Kier molecular flexibility index (Phi) is 7.44. The van der Waals surface area contributed by atoms with Crippen molar-refractivity contribution in [3.63, 3.8) is 0 Å². The molecular weight excluding hydrogens is 635 g/mol. The molecule has 8 aromatic rings. The van der Waals surface area contributed by atoms with Gasteiger partial charge in [-0.15, -0.1) is 0 Å². The largest absolute Gasteiger partial charge is 0.507 e. The number of hydrogen-bond acceptors (Lipinski definition) is 3. The molecule has 8 rings (SSSR count). The Morgan fingerprint density at radius 1 is 0.615 bits per heavy atom. The summed E-state index contributed by atoms with van der Waals surface area (Å²) in [4.78, 5) is 10.1. The fourth-order valence-electron chi connectivity index (χ4n) is 6.96. The smallest absolute Gasteiger partial charge is 0.149 e. The monoisotopic (exact) mass is 678 g/mol. The maximum atomic E-state index is 11.2. The molecule has 0 spiro atoms. The zero-order chi connectivity index (χ0) is 38.5. The van der Waals surface area contributed by atoms with Crippen molar-refractivity contribution in [1.82, 2.24) is 14.5 Å². The number of pyridine rings is 1. The van der Waals surface area contributed by atoms with Gasteiger partial charge in [0.15, 0.2) is 0 Å². The number of aromatic nitrogens is 3. The number of para-hydroxylation sites is 2. The van der Waals surface area contributed by atoms with Gasteiger partial charge in [-0.25, -0.2) is 4.98 Å². The minimum Gasteiger partial charge on any atom is -0.507 e. The van der Waals surface area contributed by atoms with Gasteiger partial charge in [-0.3, -0.25) is 9.55 Å². The third-order valence-electron chi connectivity index (χ3n) is 9.77. The van der Waals surface area contributed by atoms with E-state index in [1.54, 1.807) is 24.4 Å². The van der Waals surface area contributed by atoms with Crippen LogP contribution in [0.3, 0.4) is 0 Å². The molecule has 0 unspecified atom stereocenters. The molecule has 0 aliphatic heterocycles. The first kappa shape index (κ1) is 29.5. The molecule has 254 valence electrons. The molecule has 0 atom stereocenters. The molecule has 4 nitrogen and oxygen atoms in total. The van der Waals surface area contributed by atoms with Gasteiger partial charge in [0.1, 0.15) is 11.6 Å². The van der Waals surface area contributed by atoms with E-state index >= 15 is 0 Å². The summed E-state index contributed by atoms with van der Waals surface area (Å²) in [5, 5.41) is 11.2. The SMILES string of the molecule is [2H]C([2H])([2H])c1ccc(-c2ccnc(-c3cc(-c4cccc5c4nc(-c4ccccc4O)n5-c4ccc(-c5ccccc5)c(C)c4)cc(C(C)(C)C)c3)c2)cc1. The van der Waals surface area contributed by atoms with Crippen LogP contribution in [0, 0.1) is 13.8 Å². The van der Waals surface area contributed by atoms with Crippen molar-refractivity contribution < 1.29 is 9.22 Å². The van der Waals surface area contributed by atoms with Crippen molar-refractivity contribution in [2.45, 2.75) is 40.0 Å². The molecule has 6 aromatic carbocycles. The summed E-state index contributed by atoms with van der Waals surface area (Å²) in [5.41, 5.74) is 13.7. The van der Waals surface area contributed by atoms with Crippen LogP contribution in [0.25, 0.3) is 72.7 Å². The van der Waals surface area contributed by atoms with Crippen LogP contribution < -0.4 is 0 Å². The van der Waals surface area contributed by atoms with Crippen molar-refractivity contribution in [1.29, 1.82) is 0 Å². The zero-order valence-electron chi connectivity index (χ0n) is 32.7. The van der Waals surface area contributed by atoms with Crippen molar-refractivity contribution in [2.24, 2.45) is 0 Å². The third-order valence-corrected chi connectivity index (χ3v) is 9.77. The van der Waals surface area contributed by atoms with Gasteiger partial charge >= 0.3 is 0 Å². The number of benzene rings is 6. The van der Waals surface area contributed by atoms with Crippen LogP contribution >= 0.6 is 0 Å². The first-order valence-corrected chi connectivity index (χ1v) is 17.5. The molecule has 0 bridgehead atoms. The highest BCUT2D eigenvalue weighted by atomic mass is 16.3. The average Bonchev–Trinajstić information content (AvgIpc) is 3.57. The topological polar surface area (TPSA) is 50.9 Å². The average molecular weight is 679 g/mol. The van der Waals surface area contributed by atoms with Crippen LogP contribution in [0.1, 0.15) is 41.6 Å². The van der Waals surface area contributed by atoms with E-state index in [9.17, 15) is 5.11 Å². The van der Waals surface area contributed by atoms with Crippen LogP contribution in [0.4, 0.5) is 0 Å². The fraction of sp³-hybridized carbons (Fsp3) is 0.125. The second-order valence-electron chi connectivity index (χ2n) is 14.4. The van der Waals surface area contributed by atoms with Crippen molar-refractivity contribution in [3.8, 4) is 67.5 Å². The van der Waals surface area contributed by atoms with Crippen LogP contribution in [0.15, 0.2) is 152 Å². The number of hydrogen-bond donors (Lipinski definition) is 1. The number of aromatic hydroxyl groups is 1. The van der Waals surface area contributed by atoms with Gasteiger partial charge in [-0.1, -0.05) is 117 Å². The molecule has 0 fully saturated rings. The Morgan fingerprint density at radius 2 is 1.37 bits per heavy atom. The number of fused-ring (bicyclic) bond motifs is 1. The summed E-state index contributed by atoms with van der Waals surface area (Å²) in [6, 6.07) is 48.2. The maximum Gasteiger partial charge on any atom is 0.149 e. The highest BCUT2D eigenvalue weighted by Gasteiger charge is 2.22. The van der Waals surface area contributed by atoms with Gasteiger partial charge in [-0.05, 0) is 113 Å². The van der Waals surface area contributed by atoms with E-state index in [-0.39, 0.29) is 11.2 Å². The molecule has 2 heterocycles. The van der Waals surface area contributed by atoms with Gasteiger partial charge in [0.05, 0.1) is 22.3 Å². The number of imidazole rings is 1. The van der Waals surface area contributed by atoms with E-state index in [2.05, 4.69) is 117 Å². The molecule has 0 amide bonds. The maximum absolute atomic E-state index is 11.2. The first-order chi connectivity index (χ1) is 26.3. The number of aryl methyl sites for hydroxylation is 2. The van der Waals surface area contributed by atoms with E-state index in [0.29, 0.717) is 17.0 Å². The summed E-state index contributed by atoms with van der Waals surface area (Å²) in [7, 11) is 0. The van der Waals surface area contributed by atoms with Gasteiger partial charge in [0.2, 0.25) is 0 Å². The number of nitrogens with zero attached hydrogens (tertiary/aromatic N) is 3. The number of phenols is 1. The van der Waals surface area contributed by atoms with Crippen LogP contribution in [0.5, 0.6) is 5.75 Å².